The zero-order valence-corrected chi connectivity index (χ0v) is 12.0. The molecule has 0 radical (unpaired) electrons. The predicted molar refractivity (Wildman–Crippen MR) is 79.0 cm³/mol. The third kappa shape index (κ3) is 4.83. The van der Waals surface area contributed by atoms with Crippen LogP contribution in [-0.4, -0.2) is 57.2 Å². The number of methoxy groups -OCH3 is 1. The van der Waals surface area contributed by atoms with Gasteiger partial charge < -0.3 is 15.4 Å². The number of benzene rings is 1. The smallest absolute Gasteiger partial charge is 0.234 e. The van der Waals surface area contributed by atoms with Crippen LogP contribution >= 0.6 is 0 Å². The van der Waals surface area contributed by atoms with Gasteiger partial charge in [-0.1, -0.05) is 12.1 Å². The topological polar surface area (TPSA) is 53.6 Å². The van der Waals surface area contributed by atoms with Gasteiger partial charge in [-0.15, -0.1) is 0 Å². The van der Waals surface area contributed by atoms with Gasteiger partial charge in [-0.25, -0.2) is 0 Å². The molecule has 5 nitrogen and oxygen atoms in total. The summed E-state index contributed by atoms with van der Waals surface area (Å²) in [6, 6.07) is 7.94. The summed E-state index contributed by atoms with van der Waals surface area (Å²) in [5.41, 5.74) is 1.20. The Hall–Kier alpha value is -1.59. The van der Waals surface area contributed by atoms with Gasteiger partial charge in [0.1, 0.15) is 5.75 Å². The Labute approximate surface area is 120 Å². The van der Waals surface area contributed by atoms with Crippen molar-refractivity contribution in [1.29, 1.82) is 0 Å². The fraction of sp³-hybridized carbons (Fsp3) is 0.533. The summed E-state index contributed by atoms with van der Waals surface area (Å²) in [5, 5.41) is 6.25. The summed E-state index contributed by atoms with van der Waals surface area (Å²) >= 11 is 0. The molecule has 2 N–H and O–H groups in total. The number of nitrogens with zero attached hydrogens (tertiary/aromatic N) is 1. The highest BCUT2D eigenvalue weighted by Crippen LogP contribution is 2.11. The number of piperazine rings is 1. The lowest BCUT2D eigenvalue weighted by Crippen LogP contribution is -2.47. The van der Waals surface area contributed by atoms with Crippen LogP contribution in [0.4, 0.5) is 0 Å². The molecule has 2 rings (SSSR count). The monoisotopic (exact) mass is 277 g/mol. The molecule has 0 spiro atoms. The molecule has 0 saturated carbocycles. The molecule has 0 unspecified atom stereocenters. The molecule has 1 aromatic carbocycles. The number of carbonyl (C=O) groups is 1. The van der Waals surface area contributed by atoms with Gasteiger partial charge in [0.15, 0.2) is 0 Å². The highest BCUT2D eigenvalue weighted by Gasteiger charge is 2.12. The molecule has 1 aromatic rings. The summed E-state index contributed by atoms with van der Waals surface area (Å²) in [6.07, 6.45) is 0.845. The largest absolute Gasteiger partial charge is 0.497 e. The van der Waals surface area contributed by atoms with Crippen LogP contribution in [0.3, 0.4) is 0 Å². The quantitative estimate of drug-likeness (QED) is 0.783. The standard InChI is InChI=1S/C15H23N3O2/c1-20-14-4-2-13(3-5-14)6-7-17-15(19)12-18-10-8-16-9-11-18/h2-5,16H,6-12H2,1H3,(H,17,19). The molecule has 110 valence electrons. The number of amides is 1. The van der Waals surface area contributed by atoms with Crippen LogP contribution in [0.1, 0.15) is 5.56 Å². The van der Waals surface area contributed by atoms with E-state index in [4.69, 9.17) is 4.74 Å². The van der Waals surface area contributed by atoms with E-state index in [0.29, 0.717) is 13.1 Å². The summed E-state index contributed by atoms with van der Waals surface area (Å²) in [7, 11) is 1.66. The number of carbonyl (C=O) groups excluding carboxylic acids is 1. The maximum atomic E-state index is 11.8. The van der Waals surface area contributed by atoms with E-state index in [1.54, 1.807) is 7.11 Å². The van der Waals surface area contributed by atoms with Gasteiger partial charge in [0.25, 0.3) is 0 Å². The second-order valence-corrected chi connectivity index (χ2v) is 4.97. The Bertz CT molecular complexity index is 414. The third-order valence-electron chi connectivity index (χ3n) is 3.47. The fourth-order valence-corrected chi connectivity index (χ4v) is 2.27. The molecule has 1 aliphatic rings. The molecule has 1 saturated heterocycles. The second-order valence-electron chi connectivity index (χ2n) is 4.97. The van der Waals surface area contributed by atoms with Gasteiger partial charge in [-0.05, 0) is 24.1 Å². The molecule has 1 aliphatic heterocycles. The van der Waals surface area contributed by atoms with Crippen LogP contribution in [-0.2, 0) is 11.2 Å². The van der Waals surface area contributed by atoms with Crippen molar-refractivity contribution in [2.75, 3.05) is 46.4 Å². The van der Waals surface area contributed by atoms with Crippen molar-refractivity contribution < 1.29 is 9.53 Å². The molecule has 1 heterocycles. The summed E-state index contributed by atoms with van der Waals surface area (Å²) in [4.78, 5) is 14.0. The van der Waals surface area contributed by atoms with Crippen LogP contribution in [0.2, 0.25) is 0 Å². The second kappa shape index (κ2) is 7.87. The zero-order chi connectivity index (χ0) is 14.2. The number of hydrogen-bond donors (Lipinski definition) is 2. The molecule has 0 aromatic heterocycles. The maximum Gasteiger partial charge on any atom is 0.234 e. The Morgan fingerprint density at radius 1 is 1.30 bits per heavy atom. The fourth-order valence-electron chi connectivity index (χ4n) is 2.27. The molecule has 20 heavy (non-hydrogen) atoms. The van der Waals surface area contributed by atoms with Crippen molar-refractivity contribution in [3.63, 3.8) is 0 Å². The van der Waals surface area contributed by atoms with E-state index in [9.17, 15) is 4.79 Å². The van der Waals surface area contributed by atoms with E-state index < -0.39 is 0 Å². The minimum atomic E-state index is 0.111. The van der Waals surface area contributed by atoms with Crippen LogP contribution in [0, 0.1) is 0 Å². The van der Waals surface area contributed by atoms with Crippen molar-refractivity contribution in [2.24, 2.45) is 0 Å². The van der Waals surface area contributed by atoms with Gasteiger partial charge in [0, 0.05) is 32.7 Å². The van der Waals surface area contributed by atoms with Crippen molar-refractivity contribution in [3.05, 3.63) is 29.8 Å². The van der Waals surface area contributed by atoms with Gasteiger partial charge in [0.2, 0.25) is 5.91 Å². The molecular formula is C15H23N3O2. The summed E-state index contributed by atoms with van der Waals surface area (Å²) in [6.45, 7) is 5.03. The van der Waals surface area contributed by atoms with Crippen molar-refractivity contribution in [3.8, 4) is 5.75 Å². The van der Waals surface area contributed by atoms with Crippen LogP contribution in [0.15, 0.2) is 24.3 Å². The van der Waals surface area contributed by atoms with Crippen LogP contribution in [0.5, 0.6) is 5.75 Å². The highest BCUT2D eigenvalue weighted by atomic mass is 16.5. The molecule has 5 heteroatoms. The Morgan fingerprint density at radius 3 is 2.65 bits per heavy atom. The van der Waals surface area contributed by atoms with Crippen LogP contribution < -0.4 is 15.4 Å². The molecule has 0 bridgehead atoms. The molecule has 0 atom stereocenters. The summed E-state index contributed by atoms with van der Waals surface area (Å²) < 4.78 is 5.12. The van der Waals surface area contributed by atoms with E-state index in [0.717, 1.165) is 38.3 Å². The lowest BCUT2D eigenvalue weighted by molar-refractivity contribution is -0.122. The number of rotatable bonds is 6. The zero-order valence-electron chi connectivity index (χ0n) is 12.0. The van der Waals surface area contributed by atoms with E-state index in [1.807, 2.05) is 24.3 Å². The normalized spacial score (nSPS) is 15.8. The molecule has 0 aliphatic carbocycles. The summed E-state index contributed by atoms with van der Waals surface area (Å²) in [5.74, 6) is 0.969. The minimum absolute atomic E-state index is 0.111. The lowest BCUT2D eigenvalue weighted by atomic mass is 10.1. The van der Waals surface area contributed by atoms with Gasteiger partial charge in [-0.2, -0.15) is 0 Å². The average molecular weight is 277 g/mol. The number of nitrogens with one attached hydrogen (secondary N) is 2. The predicted octanol–water partition coefficient (Wildman–Crippen LogP) is 0.259. The first-order chi connectivity index (χ1) is 9.78. The number of hydrogen-bond acceptors (Lipinski definition) is 4. The van der Waals surface area contributed by atoms with Gasteiger partial charge >= 0.3 is 0 Å². The van der Waals surface area contributed by atoms with Gasteiger partial charge in [-0.3, -0.25) is 9.69 Å². The maximum absolute atomic E-state index is 11.8. The van der Waals surface area contributed by atoms with E-state index in [2.05, 4.69) is 15.5 Å². The third-order valence-corrected chi connectivity index (χ3v) is 3.47. The number of ether oxygens (including phenoxy) is 1. The van der Waals surface area contributed by atoms with Crippen molar-refractivity contribution >= 4 is 5.91 Å². The van der Waals surface area contributed by atoms with Crippen molar-refractivity contribution in [1.82, 2.24) is 15.5 Å². The lowest BCUT2D eigenvalue weighted by Gasteiger charge is -2.26. The Kier molecular flexibility index (Phi) is 5.83. The first-order valence-electron chi connectivity index (χ1n) is 7.10. The SMILES string of the molecule is COc1ccc(CCNC(=O)CN2CCNCC2)cc1. The van der Waals surface area contributed by atoms with Crippen molar-refractivity contribution in [2.45, 2.75) is 6.42 Å². The first-order valence-corrected chi connectivity index (χ1v) is 7.10. The Balaban J connectivity index is 1.65. The van der Waals surface area contributed by atoms with Crippen LogP contribution in [0.25, 0.3) is 0 Å². The average Bonchev–Trinajstić information content (AvgIpc) is 2.49. The minimum Gasteiger partial charge on any atom is -0.497 e. The first kappa shape index (κ1) is 14.8. The van der Waals surface area contributed by atoms with E-state index >= 15 is 0 Å². The highest BCUT2D eigenvalue weighted by molar-refractivity contribution is 5.78. The molecular weight excluding hydrogens is 254 g/mol. The van der Waals surface area contributed by atoms with Gasteiger partial charge in [0.05, 0.1) is 13.7 Å². The molecule has 1 fully saturated rings. The molecule has 1 amide bonds. The Morgan fingerprint density at radius 2 is 2.00 bits per heavy atom. The van der Waals surface area contributed by atoms with E-state index in [1.165, 1.54) is 5.56 Å². The van der Waals surface area contributed by atoms with E-state index in [-0.39, 0.29) is 5.91 Å².